The summed E-state index contributed by atoms with van der Waals surface area (Å²) in [6.45, 7) is 2.91. The molecule has 0 aromatic heterocycles. The maximum absolute atomic E-state index is 11.1. The second-order valence-corrected chi connectivity index (χ2v) is 5.23. The van der Waals surface area contributed by atoms with E-state index in [2.05, 4.69) is 12.2 Å². The van der Waals surface area contributed by atoms with Crippen LogP contribution < -0.4 is 11.1 Å². The number of anilines is 1. The average molecular weight is 283 g/mol. The van der Waals surface area contributed by atoms with Crippen LogP contribution in [0.5, 0.6) is 0 Å². The summed E-state index contributed by atoms with van der Waals surface area (Å²) in [5, 5.41) is 3.82. The highest BCUT2D eigenvalue weighted by atomic mass is 35.5. The van der Waals surface area contributed by atoms with Crippen LogP contribution in [0.25, 0.3) is 0 Å². The Morgan fingerprint density at radius 2 is 2.37 bits per heavy atom. The number of halogens is 1. The first-order valence-electron chi connectivity index (χ1n) is 6.57. The Hall–Kier alpha value is -1.26. The third-order valence-corrected chi connectivity index (χ3v) is 3.74. The molecule has 0 aliphatic carbocycles. The van der Waals surface area contributed by atoms with Crippen molar-refractivity contribution in [2.45, 2.75) is 38.3 Å². The predicted octanol–water partition coefficient (Wildman–Crippen LogP) is 2.81. The van der Waals surface area contributed by atoms with Crippen molar-refractivity contribution in [1.82, 2.24) is 0 Å². The van der Waals surface area contributed by atoms with Crippen LogP contribution in [0.4, 0.5) is 5.69 Å². The SMILES string of the molecule is CCC1CC(Nc2ccc(C(N)=O)c(Cl)c2)CCO1. The van der Waals surface area contributed by atoms with Gasteiger partial charge in [0.15, 0.2) is 0 Å². The molecular weight excluding hydrogens is 264 g/mol. The Morgan fingerprint density at radius 1 is 1.58 bits per heavy atom. The van der Waals surface area contributed by atoms with Crippen LogP contribution in [0.1, 0.15) is 36.5 Å². The Kier molecular flexibility index (Phi) is 4.66. The van der Waals surface area contributed by atoms with Crippen molar-refractivity contribution in [2.75, 3.05) is 11.9 Å². The lowest BCUT2D eigenvalue weighted by Crippen LogP contribution is -2.33. The highest BCUT2D eigenvalue weighted by Gasteiger charge is 2.21. The first kappa shape index (κ1) is 14.2. The number of rotatable bonds is 4. The van der Waals surface area contributed by atoms with Gasteiger partial charge in [-0.3, -0.25) is 4.79 Å². The minimum absolute atomic E-state index is 0.326. The number of ether oxygens (including phenoxy) is 1. The van der Waals surface area contributed by atoms with E-state index in [1.165, 1.54) is 0 Å². The molecule has 5 heteroatoms. The minimum atomic E-state index is -0.506. The lowest BCUT2D eigenvalue weighted by atomic mass is 10.0. The van der Waals surface area contributed by atoms with Gasteiger partial charge in [0.25, 0.3) is 0 Å². The van der Waals surface area contributed by atoms with Gasteiger partial charge < -0.3 is 15.8 Å². The number of amides is 1. The fraction of sp³-hybridized carbons (Fsp3) is 0.500. The summed E-state index contributed by atoms with van der Waals surface area (Å²) in [6, 6.07) is 5.62. The molecular formula is C14H19ClN2O2. The highest BCUT2D eigenvalue weighted by Crippen LogP contribution is 2.24. The number of nitrogens with two attached hydrogens (primary N) is 1. The maximum Gasteiger partial charge on any atom is 0.250 e. The van der Waals surface area contributed by atoms with E-state index < -0.39 is 5.91 Å². The van der Waals surface area contributed by atoms with Crippen molar-refractivity contribution in [2.24, 2.45) is 5.73 Å². The first-order chi connectivity index (χ1) is 9.10. The average Bonchev–Trinajstić information content (AvgIpc) is 2.38. The van der Waals surface area contributed by atoms with Gasteiger partial charge in [-0.1, -0.05) is 18.5 Å². The normalized spacial score (nSPS) is 23.1. The van der Waals surface area contributed by atoms with Crippen LogP contribution in [-0.2, 0) is 4.74 Å². The molecule has 2 unspecified atom stereocenters. The number of hydrogen-bond donors (Lipinski definition) is 2. The molecule has 1 aliphatic rings. The Labute approximate surface area is 118 Å². The van der Waals surface area contributed by atoms with Gasteiger partial charge >= 0.3 is 0 Å². The first-order valence-corrected chi connectivity index (χ1v) is 6.95. The Bertz CT molecular complexity index is 465. The second kappa shape index (κ2) is 6.26. The molecule has 1 fully saturated rings. The fourth-order valence-electron chi connectivity index (χ4n) is 2.34. The van der Waals surface area contributed by atoms with Gasteiger partial charge in [-0.25, -0.2) is 0 Å². The van der Waals surface area contributed by atoms with Gasteiger partial charge in [0, 0.05) is 18.3 Å². The van der Waals surface area contributed by atoms with E-state index in [1.54, 1.807) is 12.1 Å². The van der Waals surface area contributed by atoms with E-state index in [9.17, 15) is 4.79 Å². The molecule has 4 nitrogen and oxygen atoms in total. The topological polar surface area (TPSA) is 64.3 Å². The third kappa shape index (κ3) is 3.61. The quantitative estimate of drug-likeness (QED) is 0.892. The molecule has 1 aliphatic heterocycles. The summed E-state index contributed by atoms with van der Waals surface area (Å²) in [6.07, 6.45) is 3.32. The van der Waals surface area contributed by atoms with Gasteiger partial charge in [0.05, 0.1) is 16.7 Å². The largest absolute Gasteiger partial charge is 0.382 e. The summed E-state index contributed by atoms with van der Waals surface area (Å²) < 4.78 is 5.64. The van der Waals surface area contributed by atoms with Crippen molar-refractivity contribution in [1.29, 1.82) is 0 Å². The predicted molar refractivity (Wildman–Crippen MR) is 76.6 cm³/mol. The van der Waals surface area contributed by atoms with E-state index in [-0.39, 0.29) is 0 Å². The van der Waals surface area contributed by atoms with Gasteiger partial charge in [-0.2, -0.15) is 0 Å². The van der Waals surface area contributed by atoms with Gasteiger partial charge in [-0.05, 0) is 37.5 Å². The zero-order chi connectivity index (χ0) is 13.8. The monoisotopic (exact) mass is 282 g/mol. The molecule has 1 aromatic carbocycles. The molecule has 19 heavy (non-hydrogen) atoms. The Balaban J connectivity index is 2.03. The van der Waals surface area contributed by atoms with Crippen LogP contribution in [0, 0.1) is 0 Å². The fourth-order valence-corrected chi connectivity index (χ4v) is 2.61. The van der Waals surface area contributed by atoms with Gasteiger partial charge in [0.2, 0.25) is 5.91 Å². The highest BCUT2D eigenvalue weighted by molar-refractivity contribution is 6.34. The number of hydrogen-bond acceptors (Lipinski definition) is 3. The van der Waals surface area contributed by atoms with Gasteiger partial charge in [0.1, 0.15) is 0 Å². The number of benzene rings is 1. The van der Waals surface area contributed by atoms with Crippen LogP contribution in [0.3, 0.4) is 0 Å². The van der Waals surface area contributed by atoms with E-state index in [0.29, 0.717) is 22.7 Å². The number of carbonyl (C=O) groups is 1. The second-order valence-electron chi connectivity index (χ2n) is 4.83. The lowest BCUT2D eigenvalue weighted by Gasteiger charge is -2.30. The summed E-state index contributed by atoms with van der Waals surface area (Å²) in [4.78, 5) is 11.1. The molecule has 1 amide bonds. The van der Waals surface area contributed by atoms with Crippen molar-refractivity contribution >= 4 is 23.2 Å². The van der Waals surface area contributed by atoms with E-state index >= 15 is 0 Å². The maximum atomic E-state index is 11.1. The molecule has 0 radical (unpaired) electrons. The van der Waals surface area contributed by atoms with Crippen LogP contribution in [0.15, 0.2) is 18.2 Å². The number of primary amides is 1. The lowest BCUT2D eigenvalue weighted by molar-refractivity contribution is 0.00926. The molecule has 1 heterocycles. The van der Waals surface area contributed by atoms with Crippen LogP contribution in [0.2, 0.25) is 5.02 Å². The molecule has 3 N–H and O–H groups in total. The van der Waals surface area contributed by atoms with Crippen LogP contribution in [-0.4, -0.2) is 24.7 Å². The minimum Gasteiger partial charge on any atom is -0.382 e. The van der Waals surface area contributed by atoms with Crippen molar-refractivity contribution in [3.05, 3.63) is 28.8 Å². The molecule has 1 saturated heterocycles. The van der Waals surface area contributed by atoms with Crippen molar-refractivity contribution in [3.8, 4) is 0 Å². The third-order valence-electron chi connectivity index (χ3n) is 3.43. The van der Waals surface area contributed by atoms with Gasteiger partial charge in [-0.15, -0.1) is 0 Å². The van der Waals surface area contributed by atoms with Crippen molar-refractivity contribution < 1.29 is 9.53 Å². The summed E-state index contributed by atoms with van der Waals surface area (Å²) in [5.41, 5.74) is 6.49. The molecule has 104 valence electrons. The smallest absolute Gasteiger partial charge is 0.250 e. The van der Waals surface area contributed by atoms with E-state index in [0.717, 1.165) is 31.6 Å². The van der Waals surface area contributed by atoms with Crippen LogP contribution >= 0.6 is 11.6 Å². The molecule has 2 atom stereocenters. The summed E-state index contributed by atoms with van der Waals surface area (Å²) in [5.74, 6) is -0.506. The van der Waals surface area contributed by atoms with E-state index in [1.807, 2.05) is 6.07 Å². The standard InChI is InChI=1S/C14H19ClN2O2/c1-2-11-7-10(5-6-19-11)17-9-3-4-12(14(16)18)13(15)8-9/h3-4,8,10-11,17H,2,5-7H2,1H3,(H2,16,18). The van der Waals surface area contributed by atoms with Crippen molar-refractivity contribution in [3.63, 3.8) is 0 Å². The van der Waals surface area contributed by atoms with E-state index in [4.69, 9.17) is 22.1 Å². The molecule has 0 spiro atoms. The molecule has 1 aromatic rings. The zero-order valence-corrected chi connectivity index (χ0v) is 11.7. The number of nitrogens with one attached hydrogen (secondary N) is 1. The summed E-state index contributed by atoms with van der Waals surface area (Å²) >= 11 is 6.03. The molecule has 2 rings (SSSR count). The number of carbonyl (C=O) groups excluding carboxylic acids is 1. The Morgan fingerprint density at radius 3 is 3.00 bits per heavy atom. The molecule has 0 saturated carbocycles. The summed E-state index contributed by atoms with van der Waals surface area (Å²) in [7, 11) is 0. The molecule has 0 bridgehead atoms. The zero-order valence-electron chi connectivity index (χ0n) is 11.0.